The summed E-state index contributed by atoms with van der Waals surface area (Å²) >= 11 is 0. The van der Waals surface area contributed by atoms with Crippen LogP contribution < -0.4 is 5.32 Å². The largest absolute Gasteiger partial charge is 0.345 e. The summed E-state index contributed by atoms with van der Waals surface area (Å²) < 4.78 is 1.94. The molecule has 2 aromatic heterocycles. The van der Waals surface area contributed by atoms with E-state index in [2.05, 4.69) is 15.3 Å². The molecule has 1 aliphatic heterocycles. The van der Waals surface area contributed by atoms with E-state index in [1.54, 1.807) is 24.5 Å². The quantitative estimate of drug-likeness (QED) is 0.530. The molecule has 1 unspecified atom stereocenters. The SMILES string of the molecule is CC(NC(=O)c1ccc2c(c1)nc1n2CCN(Cc2ccccc2)C1=O)c1cccnc1. The molecular formula is C25H23N5O2. The van der Waals surface area contributed by atoms with Crippen LogP contribution >= 0.6 is 0 Å². The summed E-state index contributed by atoms with van der Waals surface area (Å²) in [5.74, 6) is 0.141. The summed E-state index contributed by atoms with van der Waals surface area (Å²) in [5.41, 5.74) is 4.05. The highest BCUT2D eigenvalue weighted by Gasteiger charge is 2.28. The lowest BCUT2D eigenvalue weighted by Crippen LogP contribution is -2.39. The van der Waals surface area contributed by atoms with E-state index in [1.807, 2.05) is 64.9 Å². The molecule has 32 heavy (non-hydrogen) atoms. The molecule has 0 fully saturated rings. The van der Waals surface area contributed by atoms with Gasteiger partial charge in [0.15, 0.2) is 5.82 Å². The van der Waals surface area contributed by atoms with Gasteiger partial charge >= 0.3 is 0 Å². The second kappa shape index (κ2) is 8.26. The fraction of sp³-hybridized carbons (Fsp3) is 0.200. The Morgan fingerprint density at radius 3 is 2.72 bits per heavy atom. The molecule has 5 rings (SSSR count). The molecule has 0 aliphatic carbocycles. The van der Waals surface area contributed by atoms with Crippen molar-refractivity contribution in [2.45, 2.75) is 26.1 Å². The van der Waals surface area contributed by atoms with Gasteiger partial charge in [-0.05, 0) is 42.3 Å². The van der Waals surface area contributed by atoms with Gasteiger partial charge in [0.1, 0.15) is 0 Å². The third-order valence-corrected chi connectivity index (χ3v) is 5.83. The zero-order valence-electron chi connectivity index (χ0n) is 17.7. The van der Waals surface area contributed by atoms with E-state index in [9.17, 15) is 9.59 Å². The molecule has 1 aliphatic rings. The van der Waals surface area contributed by atoms with Gasteiger partial charge in [-0.1, -0.05) is 36.4 Å². The van der Waals surface area contributed by atoms with Gasteiger partial charge in [-0.25, -0.2) is 4.98 Å². The van der Waals surface area contributed by atoms with Crippen molar-refractivity contribution in [1.82, 2.24) is 24.8 Å². The molecule has 0 saturated carbocycles. The first-order chi connectivity index (χ1) is 15.6. The van der Waals surface area contributed by atoms with Crippen molar-refractivity contribution >= 4 is 22.8 Å². The normalized spacial score (nSPS) is 14.3. The zero-order chi connectivity index (χ0) is 22.1. The average molecular weight is 425 g/mol. The van der Waals surface area contributed by atoms with E-state index in [-0.39, 0.29) is 17.9 Å². The number of nitrogens with zero attached hydrogens (tertiary/aromatic N) is 4. The lowest BCUT2D eigenvalue weighted by atomic mass is 10.1. The number of carbonyl (C=O) groups excluding carboxylic acids is 2. The first kappa shape index (κ1) is 19.9. The van der Waals surface area contributed by atoms with Crippen molar-refractivity contribution in [2.24, 2.45) is 0 Å². The van der Waals surface area contributed by atoms with Crippen LogP contribution in [-0.4, -0.2) is 37.8 Å². The summed E-state index contributed by atoms with van der Waals surface area (Å²) in [6.07, 6.45) is 3.44. The lowest BCUT2D eigenvalue weighted by Gasteiger charge is -2.27. The highest BCUT2D eigenvalue weighted by molar-refractivity contribution is 6.00. The van der Waals surface area contributed by atoms with Crippen LogP contribution in [-0.2, 0) is 13.1 Å². The van der Waals surface area contributed by atoms with Gasteiger partial charge in [-0.15, -0.1) is 0 Å². The topological polar surface area (TPSA) is 80.1 Å². The van der Waals surface area contributed by atoms with Gasteiger partial charge < -0.3 is 14.8 Å². The van der Waals surface area contributed by atoms with Crippen LogP contribution in [0.2, 0.25) is 0 Å². The number of benzene rings is 2. The Hall–Kier alpha value is -4.00. The molecule has 2 aromatic carbocycles. The Kier molecular flexibility index (Phi) is 5.15. The number of amides is 2. The second-order valence-electron chi connectivity index (χ2n) is 7.98. The minimum absolute atomic E-state index is 0.0903. The Bertz CT molecular complexity index is 1280. The van der Waals surface area contributed by atoms with E-state index in [0.29, 0.717) is 36.5 Å². The first-order valence-corrected chi connectivity index (χ1v) is 10.6. The van der Waals surface area contributed by atoms with Crippen LogP contribution in [0, 0.1) is 0 Å². The molecule has 0 spiro atoms. The molecule has 0 radical (unpaired) electrons. The number of imidazole rings is 1. The smallest absolute Gasteiger partial charge is 0.290 e. The van der Waals surface area contributed by atoms with Crippen molar-refractivity contribution in [1.29, 1.82) is 0 Å². The van der Waals surface area contributed by atoms with Crippen molar-refractivity contribution in [2.75, 3.05) is 6.54 Å². The number of pyridine rings is 1. The first-order valence-electron chi connectivity index (χ1n) is 10.6. The van der Waals surface area contributed by atoms with Gasteiger partial charge in [-0.2, -0.15) is 0 Å². The molecule has 4 aromatic rings. The zero-order valence-corrected chi connectivity index (χ0v) is 17.7. The predicted octanol–water partition coefficient (Wildman–Crippen LogP) is 3.58. The molecule has 2 amide bonds. The van der Waals surface area contributed by atoms with E-state index < -0.39 is 0 Å². The number of hydrogen-bond acceptors (Lipinski definition) is 4. The molecule has 160 valence electrons. The minimum Gasteiger partial charge on any atom is -0.345 e. The number of aromatic nitrogens is 3. The summed E-state index contributed by atoms with van der Waals surface area (Å²) in [4.78, 5) is 36.4. The summed E-state index contributed by atoms with van der Waals surface area (Å²) in [5, 5.41) is 2.99. The maximum atomic E-state index is 13.1. The highest BCUT2D eigenvalue weighted by Crippen LogP contribution is 2.23. The molecule has 7 nitrogen and oxygen atoms in total. The molecule has 0 saturated heterocycles. The van der Waals surface area contributed by atoms with Crippen LogP contribution in [0.25, 0.3) is 11.0 Å². The summed E-state index contributed by atoms with van der Waals surface area (Å²) in [6, 6.07) is 18.9. The Labute approximate surface area is 185 Å². The fourth-order valence-corrected chi connectivity index (χ4v) is 4.07. The van der Waals surface area contributed by atoms with Crippen molar-refractivity contribution < 1.29 is 9.59 Å². The summed E-state index contributed by atoms with van der Waals surface area (Å²) in [6.45, 7) is 3.77. The monoisotopic (exact) mass is 425 g/mol. The van der Waals surface area contributed by atoms with Gasteiger partial charge in [0.25, 0.3) is 11.8 Å². The van der Waals surface area contributed by atoms with Crippen molar-refractivity contribution in [3.8, 4) is 0 Å². The van der Waals surface area contributed by atoms with Gasteiger partial charge in [0, 0.05) is 37.6 Å². The molecule has 7 heteroatoms. The molecule has 1 N–H and O–H groups in total. The minimum atomic E-state index is -0.189. The number of fused-ring (bicyclic) bond motifs is 3. The van der Waals surface area contributed by atoms with E-state index in [0.717, 1.165) is 16.6 Å². The fourth-order valence-electron chi connectivity index (χ4n) is 4.07. The molecular weight excluding hydrogens is 402 g/mol. The number of rotatable bonds is 5. The Morgan fingerprint density at radius 1 is 1.09 bits per heavy atom. The number of hydrogen-bond donors (Lipinski definition) is 1. The Morgan fingerprint density at radius 2 is 1.94 bits per heavy atom. The third kappa shape index (κ3) is 3.73. The van der Waals surface area contributed by atoms with Crippen LogP contribution in [0.1, 0.15) is 45.1 Å². The van der Waals surface area contributed by atoms with E-state index in [1.165, 1.54) is 0 Å². The Balaban J connectivity index is 1.37. The van der Waals surface area contributed by atoms with Gasteiger partial charge in [0.05, 0.1) is 17.1 Å². The highest BCUT2D eigenvalue weighted by atomic mass is 16.2. The predicted molar refractivity (Wildman–Crippen MR) is 121 cm³/mol. The van der Waals surface area contributed by atoms with Crippen LogP contribution in [0.4, 0.5) is 0 Å². The van der Waals surface area contributed by atoms with Crippen molar-refractivity contribution in [3.05, 3.63) is 95.6 Å². The van der Waals surface area contributed by atoms with Gasteiger partial charge in [-0.3, -0.25) is 14.6 Å². The van der Waals surface area contributed by atoms with E-state index >= 15 is 0 Å². The average Bonchev–Trinajstić information content (AvgIpc) is 3.21. The molecule has 0 bridgehead atoms. The van der Waals surface area contributed by atoms with E-state index in [4.69, 9.17) is 0 Å². The van der Waals surface area contributed by atoms with Crippen molar-refractivity contribution in [3.63, 3.8) is 0 Å². The molecule has 3 heterocycles. The van der Waals surface area contributed by atoms with Crippen LogP contribution in [0.5, 0.6) is 0 Å². The van der Waals surface area contributed by atoms with Crippen LogP contribution in [0.3, 0.4) is 0 Å². The standard InChI is InChI=1S/C25H23N5O2/c1-17(20-8-5-11-26-15-20)27-24(31)19-9-10-22-21(14-19)28-23-25(32)29(12-13-30(22)23)16-18-6-3-2-4-7-18/h2-11,14-15,17H,12-13,16H2,1H3,(H,27,31). The second-order valence-corrected chi connectivity index (χ2v) is 7.98. The maximum absolute atomic E-state index is 13.1. The third-order valence-electron chi connectivity index (χ3n) is 5.83. The van der Waals surface area contributed by atoms with Gasteiger partial charge in [0.2, 0.25) is 0 Å². The molecule has 1 atom stereocenters. The summed E-state index contributed by atoms with van der Waals surface area (Å²) in [7, 11) is 0. The maximum Gasteiger partial charge on any atom is 0.290 e. The van der Waals surface area contributed by atoms with Crippen LogP contribution in [0.15, 0.2) is 73.1 Å². The number of carbonyl (C=O) groups is 2. The lowest BCUT2D eigenvalue weighted by molar-refractivity contribution is 0.0685. The number of nitrogens with one attached hydrogen (secondary N) is 1.